The summed E-state index contributed by atoms with van der Waals surface area (Å²) >= 11 is 0. The second-order valence-corrected chi connectivity index (χ2v) is 1.97. The lowest BCUT2D eigenvalue weighted by atomic mass is 10.1. The Bertz CT molecular complexity index is 138. The Morgan fingerprint density at radius 2 is 1.73 bits per heavy atom. The second kappa shape index (κ2) is 4.15. The average Bonchev–Trinajstić information content (AvgIpc) is 1.81. The zero-order chi connectivity index (χ0) is 9.02. The molecular weight excluding hydrogens is 166 g/mol. The Labute approximate surface area is 60.4 Å². The van der Waals surface area contributed by atoms with Gasteiger partial charge in [-0.25, -0.2) is 17.6 Å². The third-order valence-electron chi connectivity index (χ3n) is 1.10. The third-order valence-corrected chi connectivity index (χ3v) is 1.10. The number of nitrogens with two attached hydrogens (primary N) is 1. The Hall–Kier alpha value is -0.810. The molecular formula is C5H7F4NO. The maximum atomic E-state index is 11.7. The number of halogens is 4. The highest BCUT2D eigenvalue weighted by molar-refractivity contribution is 5.77. The van der Waals surface area contributed by atoms with Crippen LogP contribution in [0.2, 0.25) is 0 Å². The number of carbonyl (C=O) groups is 1. The highest BCUT2D eigenvalue weighted by Crippen LogP contribution is 2.17. The van der Waals surface area contributed by atoms with Gasteiger partial charge in [0.25, 0.3) is 0 Å². The summed E-state index contributed by atoms with van der Waals surface area (Å²) in [5.41, 5.74) is 4.43. The molecule has 0 radical (unpaired) electrons. The third kappa shape index (κ3) is 3.79. The number of primary amides is 1. The number of rotatable bonds is 4. The van der Waals surface area contributed by atoms with E-state index >= 15 is 0 Å². The molecule has 0 fully saturated rings. The lowest BCUT2D eigenvalue weighted by Crippen LogP contribution is -2.30. The molecule has 1 unspecified atom stereocenters. The summed E-state index contributed by atoms with van der Waals surface area (Å²) in [6, 6.07) is 0. The molecule has 1 atom stereocenters. The molecule has 0 saturated carbocycles. The fourth-order valence-corrected chi connectivity index (χ4v) is 0.535. The second-order valence-electron chi connectivity index (χ2n) is 1.97. The molecule has 0 aromatic rings. The van der Waals surface area contributed by atoms with Crippen molar-refractivity contribution < 1.29 is 22.4 Å². The van der Waals surface area contributed by atoms with Crippen LogP contribution in [-0.4, -0.2) is 18.8 Å². The molecule has 11 heavy (non-hydrogen) atoms. The molecule has 6 heteroatoms. The summed E-state index contributed by atoms with van der Waals surface area (Å²) < 4.78 is 46.3. The summed E-state index contributed by atoms with van der Waals surface area (Å²) in [6.45, 7) is 0. The van der Waals surface area contributed by atoms with Gasteiger partial charge in [-0.2, -0.15) is 0 Å². The lowest BCUT2D eigenvalue weighted by Gasteiger charge is -2.10. The first-order valence-corrected chi connectivity index (χ1v) is 2.80. The number of amides is 1. The van der Waals surface area contributed by atoms with Crippen molar-refractivity contribution in [3.05, 3.63) is 0 Å². The Morgan fingerprint density at radius 3 is 1.82 bits per heavy atom. The van der Waals surface area contributed by atoms with E-state index in [1.54, 1.807) is 0 Å². The van der Waals surface area contributed by atoms with E-state index in [1.807, 2.05) is 0 Å². The number of carbonyl (C=O) groups excluding carboxylic acids is 1. The van der Waals surface area contributed by atoms with Crippen molar-refractivity contribution in [3.63, 3.8) is 0 Å². The van der Waals surface area contributed by atoms with Crippen LogP contribution in [0.4, 0.5) is 17.6 Å². The Morgan fingerprint density at radius 1 is 1.27 bits per heavy atom. The first-order valence-electron chi connectivity index (χ1n) is 2.80. The number of hydrogen-bond donors (Lipinski definition) is 1. The van der Waals surface area contributed by atoms with Crippen LogP contribution in [-0.2, 0) is 4.79 Å². The topological polar surface area (TPSA) is 43.1 Å². The molecule has 0 aliphatic carbocycles. The van der Waals surface area contributed by atoms with Gasteiger partial charge in [-0.1, -0.05) is 0 Å². The minimum absolute atomic E-state index is 1.17. The molecule has 0 aliphatic heterocycles. The van der Waals surface area contributed by atoms with E-state index in [-0.39, 0.29) is 0 Å². The SMILES string of the molecule is NC(=O)C(CC(F)F)C(F)F. The fraction of sp³-hybridized carbons (Fsp3) is 0.800. The first-order chi connectivity index (χ1) is 4.95. The van der Waals surface area contributed by atoms with Gasteiger partial charge in [0.15, 0.2) is 0 Å². The molecule has 1 amide bonds. The van der Waals surface area contributed by atoms with Crippen molar-refractivity contribution in [2.75, 3.05) is 0 Å². The molecule has 2 nitrogen and oxygen atoms in total. The van der Waals surface area contributed by atoms with Gasteiger partial charge in [-0.15, -0.1) is 0 Å². The molecule has 0 aromatic carbocycles. The molecule has 0 aliphatic rings. The quantitative estimate of drug-likeness (QED) is 0.633. The predicted octanol–water partition coefficient (Wildman–Crippen LogP) is 1.01. The van der Waals surface area contributed by atoms with Crippen molar-refractivity contribution in [1.82, 2.24) is 0 Å². The molecule has 0 bridgehead atoms. The summed E-state index contributed by atoms with van der Waals surface area (Å²) in [5, 5.41) is 0. The molecule has 0 aromatic heterocycles. The van der Waals surface area contributed by atoms with Gasteiger partial charge in [0.05, 0.1) is 0 Å². The standard InChI is InChI=1S/C5H7F4NO/c6-3(7)1-2(4(8)9)5(10)11/h2-4H,1H2,(H2,10,11). The van der Waals surface area contributed by atoms with E-state index in [1.165, 1.54) is 0 Å². The van der Waals surface area contributed by atoms with Gasteiger partial charge in [0.2, 0.25) is 18.8 Å². The predicted molar refractivity (Wildman–Crippen MR) is 29.3 cm³/mol. The van der Waals surface area contributed by atoms with Crippen LogP contribution in [0.1, 0.15) is 6.42 Å². The summed E-state index contributed by atoms with van der Waals surface area (Å²) in [5.74, 6) is -3.42. The van der Waals surface area contributed by atoms with E-state index in [2.05, 4.69) is 5.73 Å². The van der Waals surface area contributed by atoms with Gasteiger partial charge in [0.1, 0.15) is 5.92 Å². The largest absolute Gasteiger partial charge is 0.369 e. The minimum atomic E-state index is -3.11. The van der Waals surface area contributed by atoms with Gasteiger partial charge < -0.3 is 5.73 Å². The van der Waals surface area contributed by atoms with Gasteiger partial charge >= 0.3 is 0 Å². The van der Waals surface area contributed by atoms with Crippen LogP contribution < -0.4 is 5.73 Å². The normalized spacial score (nSPS) is 14.0. The smallest absolute Gasteiger partial charge is 0.250 e. The van der Waals surface area contributed by atoms with Crippen molar-refractivity contribution in [1.29, 1.82) is 0 Å². The lowest BCUT2D eigenvalue weighted by molar-refractivity contribution is -0.128. The minimum Gasteiger partial charge on any atom is -0.369 e. The molecule has 0 rings (SSSR count). The summed E-state index contributed by atoms with van der Waals surface area (Å²) in [4.78, 5) is 10.1. The van der Waals surface area contributed by atoms with Gasteiger partial charge in [-0.3, -0.25) is 4.79 Å². The van der Waals surface area contributed by atoms with Crippen molar-refractivity contribution in [2.45, 2.75) is 19.3 Å². The maximum Gasteiger partial charge on any atom is 0.250 e. The molecule has 0 heterocycles. The van der Waals surface area contributed by atoms with E-state index < -0.39 is 31.1 Å². The van der Waals surface area contributed by atoms with Crippen LogP contribution in [0, 0.1) is 5.92 Å². The summed E-state index contributed by atoms with van der Waals surface area (Å²) in [6.07, 6.45) is -7.21. The maximum absolute atomic E-state index is 11.7. The van der Waals surface area contributed by atoms with Crippen LogP contribution >= 0.6 is 0 Å². The molecule has 2 N–H and O–H groups in total. The van der Waals surface area contributed by atoms with Crippen molar-refractivity contribution in [2.24, 2.45) is 11.7 Å². The monoisotopic (exact) mass is 173 g/mol. The average molecular weight is 173 g/mol. The fourth-order valence-electron chi connectivity index (χ4n) is 0.535. The molecule has 0 saturated heterocycles. The van der Waals surface area contributed by atoms with Crippen molar-refractivity contribution >= 4 is 5.91 Å². The van der Waals surface area contributed by atoms with E-state index in [0.29, 0.717) is 0 Å². The first kappa shape index (κ1) is 10.2. The van der Waals surface area contributed by atoms with Crippen LogP contribution in [0.15, 0.2) is 0 Å². The van der Waals surface area contributed by atoms with E-state index in [0.717, 1.165) is 0 Å². The van der Waals surface area contributed by atoms with Crippen LogP contribution in [0.3, 0.4) is 0 Å². The van der Waals surface area contributed by atoms with E-state index in [4.69, 9.17) is 0 Å². The van der Waals surface area contributed by atoms with E-state index in [9.17, 15) is 22.4 Å². The van der Waals surface area contributed by atoms with Gasteiger partial charge in [0, 0.05) is 6.42 Å². The highest BCUT2D eigenvalue weighted by Gasteiger charge is 2.29. The van der Waals surface area contributed by atoms with Crippen LogP contribution in [0.5, 0.6) is 0 Å². The van der Waals surface area contributed by atoms with Gasteiger partial charge in [-0.05, 0) is 0 Å². The summed E-state index contributed by atoms with van der Waals surface area (Å²) in [7, 11) is 0. The highest BCUT2D eigenvalue weighted by atomic mass is 19.3. The van der Waals surface area contributed by atoms with Crippen LogP contribution in [0.25, 0.3) is 0 Å². The Balaban J connectivity index is 4.01. The molecule has 0 spiro atoms. The Kier molecular flexibility index (Phi) is 3.84. The molecule has 66 valence electrons. The zero-order valence-electron chi connectivity index (χ0n) is 5.44. The van der Waals surface area contributed by atoms with Crippen molar-refractivity contribution in [3.8, 4) is 0 Å². The zero-order valence-corrected chi connectivity index (χ0v) is 5.44. The number of alkyl halides is 4. The number of hydrogen-bond acceptors (Lipinski definition) is 1.